The third-order valence-corrected chi connectivity index (χ3v) is 7.28. The fourth-order valence-electron chi connectivity index (χ4n) is 5.05. The molecule has 1 fully saturated rings. The topological polar surface area (TPSA) is 79.0 Å². The maximum atomic E-state index is 14.1. The van der Waals surface area contributed by atoms with Crippen LogP contribution in [0.5, 0.6) is 0 Å². The van der Waals surface area contributed by atoms with Gasteiger partial charge in [-0.25, -0.2) is 9.38 Å². The molecule has 2 aliphatic heterocycles. The molecule has 0 radical (unpaired) electrons. The smallest absolute Gasteiger partial charge is 0.369 e. The van der Waals surface area contributed by atoms with Crippen molar-refractivity contribution < 1.29 is 27.2 Å². The molecule has 204 valence electrons. The summed E-state index contributed by atoms with van der Waals surface area (Å²) in [7, 11) is 0. The fraction of sp³-hybridized carbons (Fsp3) is 0.464. The SMILES string of the molecule is CC(C)CCC1(c2ccccc2)N=C(N)N(Cc2ccc(C(F)(F)F)c(C(=O)N3CC(C)C(F)C3)c2)C1=O. The lowest BCUT2D eigenvalue weighted by molar-refractivity contribution is -0.138. The predicted molar refractivity (Wildman–Crippen MR) is 136 cm³/mol. The molecule has 2 amide bonds. The first-order chi connectivity index (χ1) is 17.8. The Morgan fingerprint density at radius 3 is 2.42 bits per heavy atom. The molecule has 2 aromatic rings. The van der Waals surface area contributed by atoms with Crippen molar-refractivity contribution in [3.8, 4) is 0 Å². The summed E-state index contributed by atoms with van der Waals surface area (Å²) in [5.41, 5.74) is 4.27. The number of amides is 2. The summed E-state index contributed by atoms with van der Waals surface area (Å²) in [5, 5.41) is 0. The van der Waals surface area contributed by atoms with E-state index in [1.165, 1.54) is 11.0 Å². The minimum absolute atomic E-state index is 0.0290. The van der Waals surface area contributed by atoms with Crippen molar-refractivity contribution in [1.82, 2.24) is 9.80 Å². The number of carbonyl (C=O) groups excluding carboxylic acids is 2. The molecule has 0 aromatic heterocycles. The maximum absolute atomic E-state index is 14.1. The maximum Gasteiger partial charge on any atom is 0.417 e. The van der Waals surface area contributed by atoms with Crippen molar-refractivity contribution in [3.63, 3.8) is 0 Å². The molecule has 2 aromatic carbocycles. The first-order valence-corrected chi connectivity index (χ1v) is 12.7. The van der Waals surface area contributed by atoms with Gasteiger partial charge in [-0.1, -0.05) is 57.2 Å². The van der Waals surface area contributed by atoms with Gasteiger partial charge in [-0.2, -0.15) is 13.2 Å². The number of carbonyl (C=O) groups is 2. The Morgan fingerprint density at radius 2 is 1.84 bits per heavy atom. The number of halogens is 4. The van der Waals surface area contributed by atoms with E-state index in [1.54, 1.807) is 6.92 Å². The average Bonchev–Trinajstić information content (AvgIpc) is 3.33. The molecule has 3 atom stereocenters. The first kappa shape index (κ1) is 27.6. The van der Waals surface area contributed by atoms with Crippen molar-refractivity contribution >= 4 is 17.8 Å². The van der Waals surface area contributed by atoms with Crippen molar-refractivity contribution in [1.29, 1.82) is 0 Å². The number of guanidine groups is 1. The monoisotopic (exact) mass is 532 g/mol. The Balaban J connectivity index is 1.67. The van der Waals surface area contributed by atoms with Crippen molar-refractivity contribution in [2.75, 3.05) is 13.1 Å². The van der Waals surface area contributed by atoms with Gasteiger partial charge in [0.25, 0.3) is 11.8 Å². The van der Waals surface area contributed by atoms with Crippen molar-refractivity contribution in [2.45, 2.75) is 58.0 Å². The molecule has 10 heteroatoms. The highest BCUT2D eigenvalue weighted by atomic mass is 19.4. The molecule has 2 N–H and O–H groups in total. The van der Waals surface area contributed by atoms with Crippen LogP contribution in [0.4, 0.5) is 17.6 Å². The molecule has 2 heterocycles. The number of aliphatic imine (C=N–C) groups is 1. The summed E-state index contributed by atoms with van der Waals surface area (Å²) in [5.74, 6) is -1.47. The van der Waals surface area contributed by atoms with E-state index in [9.17, 15) is 27.2 Å². The van der Waals surface area contributed by atoms with E-state index in [-0.39, 0.29) is 37.1 Å². The number of hydrogen-bond donors (Lipinski definition) is 1. The molecule has 0 bridgehead atoms. The van der Waals surface area contributed by atoms with Crippen LogP contribution in [0.1, 0.15) is 60.7 Å². The van der Waals surface area contributed by atoms with Crippen LogP contribution >= 0.6 is 0 Å². The molecule has 2 aliphatic rings. The number of rotatable bonds is 7. The van der Waals surface area contributed by atoms with Gasteiger partial charge in [-0.05, 0) is 42.0 Å². The van der Waals surface area contributed by atoms with Gasteiger partial charge in [-0.3, -0.25) is 14.5 Å². The highest BCUT2D eigenvalue weighted by Crippen LogP contribution is 2.39. The van der Waals surface area contributed by atoms with Gasteiger partial charge in [0.1, 0.15) is 6.17 Å². The minimum Gasteiger partial charge on any atom is -0.369 e. The van der Waals surface area contributed by atoms with E-state index >= 15 is 0 Å². The Labute approximate surface area is 219 Å². The number of nitrogens with two attached hydrogens (primary N) is 1. The summed E-state index contributed by atoms with van der Waals surface area (Å²) in [6.07, 6.45) is -4.97. The van der Waals surface area contributed by atoms with Crippen LogP contribution in [0.25, 0.3) is 0 Å². The Bertz CT molecular complexity index is 1220. The first-order valence-electron chi connectivity index (χ1n) is 12.7. The minimum atomic E-state index is -4.78. The zero-order valence-electron chi connectivity index (χ0n) is 21.6. The summed E-state index contributed by atoms with van der Waals surface area (Å²) < 4.78 is 55.5. The van der Waals surface area contributed by atoms with Crippen molar-refractivity contribution in [2.24, 2.45) is 22.6 Å². The molecule has 3 unspecified atom stereocenters. The van der Waals surface area contributed by atoms with E-state index in [0.717, 1.165) is 17.0 Å². The Kier molecular flexibility index (Phi) is 7.54. The van der Waals surface area contributed by atoms with Gasteiger partial charge in [0.05, 0.1) is 24.2 Å². The molecule has 0 spiro atoms. The van der Waals surface area contributed by atoms with Gasteiger partial charge >= 0.3 is 6.18 Å². The predicted octanol–water partition coefficient (Wildman–Crippen LogP) is 5.12. The molecular weight excluding hydrogens is 500 g/mol. The Morgan fingerprint density at radius 1 is 1.16 bits per heavy atom. The number of nitrogens with zero attached hydrogens (tertiary/aromatic N) is 3. The summed E-state index contributed by atoms with van der Waals surface area (Å²) >= 11 is 0. The summed E-state index contributed by atoms with van der Waals surface area (Å²) in [4.78, 5) is 33.8. The zero-order valence-corrected chi connectivity index (χ0v) is 21.6. The Hall–Kier alpha value is -3.43. The van der Waals surface area contributed by atoms with E-state index in [2.05, 4.69) is 4.99 Å². The van der Waals surface area contributed by atoms with Crippen LogP contribution in [0.15, 0.2) is 53.5 Å². The van der Waals surface area contributed by atoms with E-state index in [4.69, 9.17) is 5.73 Å². The fourth-order valence-corrected chi connectivity index (χ4v) is 5.05. The molecule has 6 nitrogen and oxygen atoms in total. The van der Waals surface area contributed by atoms with E-state index < -0.39 is 40.8 Å². The zero-order chi connectivity index (χ0) is 27.8. The third kappa shape index (κ3) is 5.26. The van der Waals surface area contributed by atoms with Crippen LogP contribution in [-0.4, -0.2) is 46.8 Å². The number of likely N-dealkylation sites (tertiary alicyclic amines) is 1. The average molecular weight is 533 g/mol. The molecular formula is C28H32F4N4O2. The van der Waals surface area contributed by atoms with Gasteiger partial charge in [-0.15, -0.1) is 0 Å². The second-order valence-electron chi connectivity index (χ2n) is 10.6. The summed E-state index contributed by atoms with van der Waals surface area (Å²) in [6, 6.07) is 12.2. The normalized spacial score (nSPS) is 23.9. The lowest BCUT2D eigenvalue weighted by Gasteiger charge is -2.27. The molecule has 1 saturated heterocycles. The number of benzene rings is 2. The largest absolute Gasteiger partial charge is 0.417 e. The molecule has 0 aliphatic carbocycles. The second kappa shape index (κ2) is 10.4. The molecule has 0 saturated carbocycles. The standard InChI is InChI=1S/C28H32F4N4O2/c1-17(2)11-12-27(20-7-5-4-6-8-20)25(38)36(26(33)34-27)15-19-9-10-22(28(30,31)32)21(13-19)24(37)35-14-18(3)23(29)16-35/h4-10,13,17-18,23H,11-12,14-16H2,1-3H3,(H2,33,34). The lowest BCUT2D eigenvalue weighted by atomic mass is 9.83. The van der Waals surface area contributed by atoms with Crippen LogP contribution in [0.3, 0.4) is 0 Å². The van der Waals surface area contributed by atoms with Crippen LogP contribution in [0.2, 0.25) is 0 Å². The highest BCUT2D eigenvalue weighted by molar-refractivity contribution is 6.07. The lowest BCUT2D eigenvalue weighted by Crippen LogP contribution is -2.42. The number of alkyl halides is 4. The highest BCUT2D eigenvalue weighted by Gasteiger charge is 2.49. The quantitative estimate of drug-likeness (QED) is 0.503. The van der Waals surface area contributed by atoms with E-state index in [1.807, 2.05) is 44.2 Å². The third-order valence-electron chi connectivity index (χ3n) is 7.28. The second-order valence-corrected chi connectivity index (χ2v) is 10.6. The van der Waals surface area contributed by atoms with Crippen LogP contribution in [-0.2, 0) is 23.1 Å². The van der Waals surface area contributed by atoms with E-state index in [0.29, 0.717) is 24.3 Å². The molecule has 4 rings (SSSR count). The van der Waals surface area contributed by atoms with Gasteiger partial charge in [0.2, 0.25) is 0 Å². The summed E-state index contributed by atoms with van der Waals surface area (Å²) in [6.45, 7) is 5.29. The van der Waals surface area contributed by atoms with Gasteiger partial charge < -0.3 is 10.6 Å². The number of hydrogen-bond acceptors (Lipinski definition) is 4. The van der Waals surface area contributed by atoms with Crippen LogP contribution in [0, 0.1) is 11.8 Å². The van der Waals surface area contributed by atoms with Gasteiger partial charge in [0.15, 0.2) is 11.5 Å². The van der Waals surface area contributed by atoms with Crippen LogP contribution < -0.4 is 5.73 Å². The molecule has 38 heavy (non-hydrogen) atoms. The van der Waals surface area contributed by atoms with Gasteiger partial charge in [0, 0.05) is 12.5 Å². The van der Waals surface area contributed by atoms with Crippen molar-refractivity contribution in [3.05, 3.63) is 70.8 Å².